The zero-order valence-corrected chi connectivity index (χ0v) is 16.1. The lowest BCUT2D eigenvalue weighted by atomic mass is 9.38. The molecule has 146 valence electrons. The van der Waals surface area contributed by atoms with Gasteiger partial charge >= 0.3 is 5.97 Å². The number of rotatable bonds is 1. The molecule has 0 radical (unpaired) electrons. The molecule has 9 aliphatic rings. The van der Waals surface area contributed by atoms with Gasteiger partial charge in [-0.25, -0.2) is 0 Å². The Morgan fingerprint density at radius 3 is 2.81 bits per heavy atom. The fraction of sp³-hybridized carbons (Fsp3) is 0.864. The highest BCUT2D eigenvalue weighted by Crippen LogP contribution is 2.89. The zero-order chi connectivity index (χ0) is 18.7. The van der Waals surface area contributed by atoms with Crippen LogP contribution >= 0.6 is 0 Å². The summed E-state index contributed by atoms with van der Waals surface area (Å²) in [7, 11) is 0. The number of fused-ring (bicyclic) bond motifs is 1. The maximum absolute atomic E-state index is 12.5. The quantitative estimate of drug-likeness (QED) is 0.544. The lowest BCUT2D eigenvalue weighted by Gasteiger charge is -2.67. The van der Waals surface area contributed by atoms with Crippen LogP contribution in [0.3, 0.4) is 0 Å². The average Bonchev–Trinajstić information content (AvgIpc) is 2.92. The molecule has 6 saturated carbocycles. The van der Waals surface area contributed by atoms with Gasteiger partial charge in [-0.15, -0.1) is 0 Å². The summed E-state index contributed by atoms with van der Waals surface area (Å²) in [6.45, 7) is 8.04. The molecule has 9 fully saturated rings. The van der Waals surface area contributed by atoms with Crippen molar-refractivity contribution in [1.82, 2.24) is 4.90 Å². The number of hydrogen-bond acceptors (Lipinski definition) is 5. The Bertz CT molecular complexity index is 827. The fourth-order valence-corrected chi connectivity index (χ4v) is 10.7. The first-order valence-electron chi connectivity index (χ1n) is 10.7. The van der Waals surface area contributed by atoms with E-state index in [0.717, 1.165) is 32.1 Å². The van der Waals surface area contributed by atoms with E-state index in [2.05, 4.69) is 18.4 Å². The zero-order valence-electron chi connectivity index (χ0n) is 16.1. The van der Waals surface area contributed by atoms with Gasteiger partial charge in [0.2, 0.25) is 0 Å². The Hall–Kier alpha value is -0.910. The van der Waals surface area contributed by atoms with Crippen LogP contribution in [-0.4, -0.2) is 51.1 Å². The Morgan fingerprint density at radius 1 is 1.30 bits per heavy atom. The SMILES string of the molecule is C=C1CC23CC4C5C6(C)CC(OC(C)=O)CC57C(C2CC1CC37O)N4C6O. The minimum atomic E-state index is -0.699. The van der Waals surface area contributed by atoms with Crippen molar-refractivity contribution < 1.29 is 19.7 Å². The number of carbonyl (C=O) groups excluding carboxylic acids is 1. The van der Waals surface area contributed by atoms with Crippen molar-refractivity contribution in [3.05, 3.63) is 12.2 Å². The first-order valence-corrected chi connectivity index (χ1v) is 10.7. The van der Waals surface area contributed by atoms with Gasteiger partial charge in [0.15, 0.2) is 0 Å². The number of piperidine rings is 2. The van der Waals surface area contributed by atoms with Gasteiger partial charge in [-0.05, 0) is 56.3 Å². The highest BCUT2D eigenvalue weighted by atomic mass is 16.5. The van der Waals surface area contributed by atoms with Crippen LogP contribution in [0, 0.1) is 34.0 Å². The maximum Gasteiger partial charge on any atom is 0.302 e. The predicted molar refractivity (Wildman–Crippen MR) is 96.2 cm³/mol. The third-order valence-corrected chi connectivity index (χ3v) is 10.8. The summed E-state index contributed by atoms with van der Waals surface area (Å²) in [5.41, 5.74) is 0.0413. The topological polar surface area (TPSA) is 70.0 Å². The van der Waals surface area contributed by atoms with Crippen LogP contribution in [0.1, 0.15) is 52.4 Å². The Morgan fingerprint density at radius 2 is 2.07 bits per heavy atom. The molecule has 27 heavy (non-hydrogen) atoms. The van der Waals surface area contributed by atoms with Gasteiger partial charge in [0.05, 0.1) is 5.60 Å². The smallest absolute Gasteiger partial charge is 0.302 e. The van der Waals surface area contributed by atoms with Crippen molar-refractivity contribution in [3.8, 4) is 0 Å². The second-order valence-electron chi connectivity index (χ2n) is 11.3. The largest absolute Gasteiger partial charge is 0.463 e. The highest BCUT2D eigenvalue weighted by molar-refractivity contribution is 5.66. The van der Waals surface area contributed by atoms with E-state index >= 15 is 0 Å². The molecule has 9 bridgehead atoms. The van der Waals surface area contributed by atoms with Crippen molar-refractivity contribution in [2.24, 2.45) is 34.0 Å². The van der Waals surface area contributed by atoms with E-state index in [1.807, 2.05) is 0 Å². The molecule has 12 unspecified atom stereocenters. The van der Waals surface area contributed by atoms with Crippen molar-refractivity contribution in [1.29, 1.82) is 0 Å². The molecule has 3 saturated heterocycles. The molecular weight excluding hydrogens is 342 g/mol. The maximum atomic E-state index is 12.5. The van der Waals surface area contributed by atoms with E-state index in [0.29, 0.717) is 30.2 Å². The molecule has 2 spiro atoms. The van der Waals surface area contributed by atoms with Crippen LogP contribution in [-0.2, 0) is 9.53 Å². The lowest BCUT2D eigenvalue weighted by Crippen LogP contribution is -2.71. The predicted octanol–water partition coefficient (Wildman–Crippen LogP) is 1.83. The van der Waals surface area contributed by atoms with E-state index < -0.39 is 11.8 Å². The van der Waals surface area contributed by atoms with Gasteiger partial charge in [0.25, 0.3) is 0 Å². The van der Waals surface area contributed by atoms with Crippen molar-refractivity contribution >= 4 is 5.97 Å². The first-order chi connectivity index (χ1) is 12.7. The lowest BCUT2D eigenvalue weighted by molar-refractivity contribution is -0.263. The molecule has 12 atom stereocenters. The van der Waals surface area contributed by atoms with Crippen LogP contribution in [0.15, 0.2) is 12.2 Å². The number of carbonyl (C=O) groups is 1. The van der Waals surface area contributed by atoms with Crippen LogP contribution in [0.4, 0.5) is 0 Å². The standard InChI is InChI=1S/C22H29NO4/c1-10-5-20-9-15-16-19(3)7-13(27-11(2)24)8-21(16)17(23(15)18(19)25)14(20)4-12(10)6-22(20,21)26/h12-18,25-26H,1,4-9H2,2-3H3. The summed E-state index contributed by atoms with van der Waals surface area (Å²) in [6, 6.07) is 0.609. The average molecular weight is 371 g/mol. The summed E-state index contributed by atoms with van der Waals surface area (Å²) < 4.78 is 5.76. The second-order valence-corrected chi connectivity index (χ2v) is 11.3. The second kappa shape index (κ2) is 4.03. The number of aliphatic hydroxyl groups is 2. The number of ether oxygens (including phenoxy) is 1. The van der Waals surface area contributed by atoms with Crippen LogP contribution < -0.4 is 0 Å². The monoisotopic (exact) mass is 371 g/mol. The third-order valence-electron chi connectivity index (χ3n) is 10.8. The molecule has 3 aliphatic heterocycles. The van der Waals surface area contributed by atoms with E-state index in [-0.39, 0.29) is 34.4 Å². The number of hydrogen-bond donors (Lipinski definition) is 2. The Labute approximate surface area is 159 Å². The summed E-state index contributed by atoms with van der Waals surface area (Å²) in [4.78, 5) is 14.2. The molecule has 0 aromatic carbocycles. The summed E-state index contributed by atoms with van der Waals surface area (Å²) in [6.07, 6.45) is 4.72. The normalized spacial score (nSPS) is 68.7. The highest BCUT2D eigenvalue weighted by Gasteiger charge is 2.93. The molecule has 3 heterocycles. The van der Waals surface area contributed by atoms with Crippen molar-refractivity contribution in [3.63, 3.8) is 0 Å². The van der Waals surface area contributed by atoms with E-state index in [1.165, 1.54) is 12.5 Å². The fourth-order valence-electron chi connectivity index (χ4n) is 10.7. The number of aliphatic hydroxyl groups excluding tert-OH is 1. The van der Waals surface area contributed by atoms with E-state index in [4.69, 9.17) is 4.74 Å². The summed E-state index contributed by atoms with van der Waals surface area (Å²) >= 11 is 0. The van der Waals surface area contributed by atoms with Crippen molar-refractivity contribution in [2.75, 3.05) is 0 Å². The number of esters is 1. The van der Waals surface area contributed by atoms with Crippen molar-refractivity contribution in [2.45, 2.75) is 82.4 Å². The molecule has 0 aromatic rings. The third kappa shape index (κ3) is 1.23. The molecule has 0 amide bonds. The molecule has 5 nitrogen and oxygen atoms in total. The Balaban J connectivity index is 1.47. The van der Waals surface area contributed by atoms with E-state index in [9.17, 15) is 15.0 Å². The summed E-state index contributed by atoms with van der Waals surface area (Å²) in [5.74, 6) is 0.926. The van der Waals surface area contributed by atoms with Gasteiger partial charge in [-0.1, -0.05) is 19.1 Å². The van der Waals surface area contributed by atoms with Gasteiger partial charge in [0, 0.05) is 35.3 Å². The van der Waals surface area contributed by atoms with E-state index in [1.54, 1.807) is 0 Å². The molecule has 2 N–H and O–H groups in total. The van der Waals surface area contributed by atoms with Gasteiger partial charge in [-0.3, -0.25) is 9.69 Å². The number of allylic oxidation sites excluding steroid dienone is 1. The molecule has 5 heteroatoms. The Kier molecular flexibility index (Phi) is 2.38. The van der Waals surface area contributed by atoms with Gasteiger partial charge in [0.1, 0.15) is 12.3 Å². The number of nitrogens with zero attached hydrogens (tertiary/aromatic N) is 1. The molecule has 0 aromatic heterocycles. The minimum Gasteiger partial charge on any atom is -0.463 e. The molecule has 6 aliphatic carbocycles. The van der Waals surface area contributed by atoms with Gasteiger partial charge < -0.3 is 14.9 Å². The van der Waals surface area contributed by atoms with Crippen LogP contribution in [0.2, 0.25) is 0 Å². The molecule has 9 rings (SSSR count). The minimum absolute atomic E-state index is 0.0652. The summed E-state index contributed by atoms with van der Waals surface area (Å²) in [5, 5.41) is 23.9. The first kappa shape index (κ1) is 15.9. The van der Waals surface area contributed by atoms with Crippen LogP contribution in [0.25, 0.3) is 0 Å². The van der Waals surface area contributed by atoms with Gasteiger partial charge in [-0.2, -0.15) is 0 Å². The van der Waals surface area contributed by atoms with Crippen LogP contribution in [0.5, 0.6) is 0 Å². The molecular formula is C22H29NO4.